The third-order valence-electron chi connectivity index (χ3n) is 2.12. The van der Waals surface area contributed by atoms with E-state index in [2.05, 4.69) is 5.32 Å². The predicted molar refractivity (Wildman–Crippen MR) is 44.5 cm³/mol. The van der Waals surface area contributed by atoms with Gasteiger partial charge in [0, 0.05) is 12.5 Å². The number of nitrogens with one attached hydrogen (secondary N) is 1. The Balaban J connectivity index is 2.20. The van der Waals surface area contributed by atoms with Gasteiger partial charge in [0.25, 0.3) is 5.92 Å². The summed E-state index contributed by atoms with van der Waals surface area (Å²) in [6.07, 6.45) is 0.809. The highest BCUT2D eigenvalue weighted by atomic mass is 19.3. The maximum atomic E-state index is 12.6. The first-order valence-corrected chi connectivity index (χ1v) is 4.25. The number of rotatable bonds is 3. The van der Waals surface area contributed by atoms with Gasteiger partial charge in [0.2, 0.25) is 0 Å². The van der Waals surface area contributed by atoms with Crippen LogP contribution in [0.2, 0.25) is 0 Å². The van der Waals surface area contributed by atoms with Crippen LogP contribution in [0.3, 0.4) is 0 Å². The molecular formula is C8H16F2N2. The van der Waals surface area contributed by atoms with Crippen molar-refractivity contribution < 1.29 is 8.78 Å². The monoisotopic (exact) mass is 178 g/mol. The van der Waals surface area contributed by atoms with E-state index >= 15 is 0 Å². The molecule has 1 fully saturated rings. The van der Waals surface area contributed by atoms with Gasteiger partial charge in [0.15, 0.2) is 0 Å². The molecule has 0 unspecified atom stereocenters. The van der Waals surface area contributed by atoms with Gasteiger partial charge in [-0.1, -0.05) is 0 Å². The Bertz CT molecular complexity index is 148. The van der Waals surface area contributed by atoms with Gasteiger partial charge in [-0.2, -0.15) is 0 Å². The Morgan fingerprint density at radius 1 is 1.50 bits per heavy atom. The van der Waals surface area contributed by atoms with Crippen LogP contribution in [0.15, 0.2) is 0 Å². The van der Waals surface area contributed by atoms with Crippen LogP contribution in [0.5, 0.6) is 0 Å². The van der Waals surface area contributed by atoms with Crippen molar-refractivity contribution in [1.82, 2.24) is 10.2 Å². The Morgan fingerprint density at radius 2 is 2.17 bits per heavy atom. The second kappa shape index (κ2) is 3.66. The molecule has 0 aromatic rings. The van der Waals surface area contributed by atoms with Gasteiger partial charge in [-0.3, -0.25) is 0 Å². The van der Waals surface area contributed by atoms with E-state index in [0.717, 1.165) is 13.0 Å². The number of hydrogen-bond donors (Lipinski definition) is 1. The lowest BCUT2D eigenvalue weighted by atomic mass is 10.1. The highest BCUT2D eigenvalue weighted by molar-refractivity contribution is 4.87. The van der Waals surface area contributed by atoms with Crippen molar-refractivity contribution in [3.05, 3.63) is 0 Å². The fourth-order valence-corrected chi connectivity index (χ4v) is 1.42. The Kier molecular flexibility index (Phi) is 3.01. The molecule has 0 saturated carbocycles. The molecular weight excluding hydrogens is 162 g/mol. The van der Waals surface area contributed by atoms with E-state index in [0.29, 0.717) is 0 Å². The first-order chi connectivity index (χ1) is 5.49. The van der Waals surface area contributed by atoms with Crippen LogP contribution in [0.25, 0.3) is 0 Å². The number of alkyl halides is 2. The van der Waals surface area contributed by atoms with Gasteiger partial charge >= 0.3 is 0 Å². The van der Waals surface area contributed by atoms with Crippen LogP contribution in [0.1, 0.15) is 12.8 Å². The van der Waals surface area contributed by atoms with Crippen LogP contribution in [-0.2, 0) is 0 Å². The normalized spacial score (nSPS) is 28.2. The zero-order valence-electron chi connectivity index (χ0n) is 7.61. The fraction of sp³-hybridized carbons (Fsp3) is 1.00. The van der Waals surface area contributed by atoms with Crippen molar-refractivity contribution in [1.29, 1.82) is 0 Å². The molecule has 1 saturated heterocycles. The van der Waals surface area contributed by atoms with Crippen molar-refractivity contribution in [2.45, 2.75) is 24.8 Å². The van der Waals surface area contributed by atoms with E-state index in [9.17, 15) is 8.78 Å². The van der Waals surface area contributed by atoms with Crippen molar-refractivity contribution >= 4 is 0 Å². The van der Waals surface area contributed by atoms with Crippen molar-refractivity contribution in [3.63, 3.8) is 0 Å². The van der Waals surface area contributed by atoms with Crippen LogP contribution < -0.4 is 5.32 Å². The Labute approximate surface area is 71.9 Å². The van der Waals surface area contributed by atoms with Crippen molar-refractivity contribution in [2.75, 3.05) is 27.2 Å². The molecule has 0 amide bonds. The molecule has 0 aliphatic carbocycles. The molecule has 1 N–H and O–H groups in total. The van der Waals surface area contributed by atoms with E-state index in [1.807, 2.05) is 19.0 Å². The molecule has 1 aliphatic rings. The van der Waals surface area contributed by atoms with Crippen LogP contribution >= 0.6 is 0 Å². The second-order valence-electron chi connectivity index (χ2n) is 3.73. The third-order valence-corrected chi connectivity index (χ3v) is 2.12. The molecule has 1 heterocycles. The maximum absolute atomic E-state index is 12.6. The molecule has 12 heavy (non-hydrogen) atoms. The van der Waals surface area contributed by atoms with Crippen LogP contribution in [-0.4, -0.2) is 44.0 Å². The minimum atomic E-state index is -2.48. The quantitative estimate of drug-likeness (QED) is 0.691. The minimum Gasteiger partial charge on any atom is -0.309 e. The first kappa shape index (κ1) is 9.86. The summed E-state index contributed by atoms with van der Waals surface area (Å²) in [5.41, 5.74) is 0. The number of hydrogen-bond acceptors (Lipinski definition) is 2. The molecule has 0 aromatic carbocycles. The summed E-state index contributed by atoms with van der Waals surface area (Å²) in [7, 11) is 3.90. The number of halogens is 2. The highest BCUT2D eigenvalue weighted by Gasteiger charge is 2.38. The van der Waals surface area contributed by atoms with Gasteiger partial charge < -0.3 is 10.2 Å². The molecule has 1 aliphatic heterocycles. The van der Waals surface area contributed by atoms with Crippen LogP contribution in [0.4, 0.5) is 8.78 Å². The third kappa shape index (κ3) is 3.03. The molecule has 0 aromatic heterocycles. The van der Waals surface area contributed by atoms with Gasteiger partial charge in [-0.05, 0) is 27.1 Å². The molecule has 2 nitrogen and oxygen atoms in total. The van der Waals surface area contributed by atoms with E-state index in [1.165, 1.54) is 0 Å². The molecule has 1 rings (SSSR count). The smallest absolute Gasteiger partial charge is 0.261 e. The molecule has 0 bridgehead atoms. The summed E-state index contributed by atoms with van der Waals surface area (Å²) in [6.45, 7) is 0.721. The second-order valence-corrected chi connectivity index (χ2v) is 3.73. The van der Waals surface area contributed by atoms with E-state index in [-0.39, 0.29) is 19.0 Å². The lowest BCUT2D eigenvalue weighted by molar-refractivity contribution is 0.0207. The van der Waals surface area contributed by atoms with Gasteiger partial charge in [0.05, 0.1) is 6.54 Å². The predicted octanol–water partition coefficient (Wildman–Crippen LogP) is 0.935. The average Bonchev–Trinajstić information content (AvgIpc) is 2.26. The van der Waals surface area contributed by atoms with Crippen LogP contribution in [0, 0.1) is 0 Å². The summed E-state index contributed by atoms with van der Waals surface area (Å²) in [5.74, 6) is -2.48. The zero-order valence-corrected chi connectivity index (χ0v) is 7.61. The summed E-state index contributed by atoms with van der Waals surface area (Å²) in [6, 6.07) is 0.00222. The molecule has 1 atom stereocenters. The summed E-state index contributed by atoms with van der Waals surface area (Å²) in [5, 5.41) is 2.83. The standard InChI is InChI=1S/C8H16F2N2/c1-12(2)4-3-7-5-8(9,10)6-11-7/h7,11H,3-6H2,1-2H3/t7-/m1/s1. The molecule has 4 heteroatoms. The lowest BCUT2D eigenvalue weighted by Gasteiger charge is -2.13. The minimum absolute atomic E-state index is 0.000833. The van der Waals surface area contributed by atoms with E-state index in [1.54, 1.807) is 0 Å². The highest BCUT2D eigenvalue weighted by Crippen LogP contribution is 2.26. The maximum Gasteiger partial charge on any atom is 0.261 e. The molecule has 72 valence electrons. The van der Waals surface area contributed by atoms with E-state index < -0.39 is 5.92 Å². The molecule has 0 radical (unpaired) electrons. The SMILES string of the molecule is CN(C)CC[C@@H]1CC(F)(F)CN1. The zero-order chi connectivity index (χ0) is 9.19. The largest absolute Gasteiger partial charge is 0.309 e. The Morgan fingerprint density at radius 3 is 2.58 bits per heavy atom. The summed E-state index contributed by atoms with van der Waals surface area (Å²) >= 11 is 0. The van der Waals surface area contributed by atoms with E-state index in [4.69, 9.17) is 0 Å². The van der Waals surface area contributed by atoms with Crippen molar-refractivity contribution in [2.24, 2.45) is 0 Å². The van der Waals surface area contributed by atoms with Gasteiger partial charge in [-0.25, -0.2) is 8.78 Å². The molecule has 0 spiro atoms. The first-order valence-electron chi connectivity index (χ1n) is 4.25. The summed E-state index contributed by atoms with van der Waals surface area (Å²) < 4.78 is 25.3. The summed E-state index contributed by atoms with van der Waals surface area (Å²) in [4.78, 5) is 2.01. The Hall–Kier alpha value is -0.220. The average molecular weight is 178 g/mol. The topological polar surface area (TPSA) is 15.3 Å². The van der Waals surface area contributed by atoms with Gasteiger partial charge in [-0.15, -0.1) is 0 Å². The fourth-order valence-electron chi connectivity index (χ4n) is 1.42. The lowest BCUT2D eigenvalue weighted by Crippen LogP contribution is -2.26. The number of nitrogens with zero attached hydrogens (tertiary/aromatic N) is 1. The van der Waals surface area contributed by atoms with Crippen molar-refractivity contribution in [3.8, 4) is 0 Å². The van der Waals surface area contributed by atoms with Gasteiger partial charge in [0.1, 0.15) is 0 Å².